The Morgan fingerprint density at radius 3 is 2.87 bits per heavy atom. The van der Waals surface area contributed by atoms with Crippen molar-refractivity contribution in [1.82, 2.24) is 14.6 Å². The molecule has 4 nitrogen and oxygen atoms in total. The standard InChI is InChI=1S/C11H9N4/c1-2-6-14(7-3-1)10-8-12-11-4-5-13-15(11)9-10/h1-9H/q+1. The summed E-state index contributed by atoms with van der Waals surface area (Å²) in [4.78, 5) is 4.30. The van der Waals surface area contributed by atoms with Gasteiger partial charge >= 0.3 is 0 Å². The Labute approximate surface area is 86.4 Å². The summed E-state index contributed by atoms with van der Waals surface area (Å²) in [6.45, 7) is 0. The molecule has 3 aromatic heterocycles. The van der Waals surface area contributed by atoms with Crippen LogP contribution in [0.3, 0.4) is 0 Å². The highest BCUT2D eigenvalue weighted by molar-refractivity contribution is 5.37. The summed E-state index contributed by atoms with van der Waals surface area (Å²) in [5, 5.41) is 4.15. The number of nitrogens with zero attached hydrogens (tertiary/aromatic N) is 4. The molecule has 0 saturated carbocycles. The van der Waals surface area contributed by atoms with Crippen molar-refractivity contribution in [3.05, 3.63) is 55.2 Å². The smallest absolute Gasteiger partial charge is 0.230 e. The van der Waals surface area contributed by atoms with E-state index < -0.39 is 0 Å². The van der Waals surface area contributed by atoms with Crippen LogP contribution in [0.15, 0.2) is 55.2 Å². The molecule has 0 unspecified atom stereocenters. The molecule has 3 heterocycles. The van der Waals surface area contributed by atoms with E-state index in [0.29, 0.717) is 0 Å². The molecular formula is C11H9N4+. The molecule has 3 aromatic rings. The predicted octanol–water partition coefficient (Wildman–Crippen LogP) is 1.01. The summed E-state index contributed by atoms with van der Waals surface area (Å²) in [6, 6.07) is 7.82. The normalized spacial score (nSPS) is 10.7. The van der Waals surface area contributed by atoms with Crippen molar-refractivity contribution in [2.45, 2.75) is 0 Å². The SMILES string of the molecule is c1cc[n+](-c2cnc3ccnn3c2)cc1. The minimum absolute atomic E-state index is 0.857. The van der Waals surface area contributed by atoms with E-state index >= 15 is 0 Å². The highest BCUT2D eigenvalue weighted by Gasteiger charge is 2.06. The Morgan fingerprint density at radius 1 is 1.13 bits per heavy atom. The molecular weight excluding hydrogens is 188 g/mol. The Hall–Kier alpha value is -2.23. The third-order valence-corrected chi connectivity index (χ3v) is 2.25. The van der Waals surface area contributed by atoms with Gasteiger partial charge in [-0.05, 0) is 0 Å². The average Bonchev–Trinajstić information content (AvgIpc) is 2.77. The second kappa shape index (κ2) is 3.16. The minimum Gasteiger partial charge on any atom is -0.230 e. The molecule has 4 heteroatoms. The molecule has 0 saturated heterocycles. The van der Waals surface area contributed by atoms with Crippen LogP contribution in [0, 0.1) is 0 Å². The van der Waals surface area contributed by atoms with E-state index in [-0.39, 0.29) is 0 Å². The molecule has 15 heavy (non-hydrogen) atoms. The number of aromatic nitrogens is 4. The first-order valence-electron chi connectivity index (χ1n) is 4.69. The van der Waals surface area contributed by atoms with E-state index in [9.17, 15) is 0 Å². The molecule has 0 aliphatic carbocycles. The van der Waals surface area contributed by atoms with Gasteiger partial charge in [-0.1, -0.05) is 6.07 Å². The van der Waals surface area contributed by atoms with Crippen molar-refractivity contribution in [2.75, 3.05) is 0 Å². The second-order valence-electron chi connectivity index (χ2n) is 3.23. The summed E-state index contributed by atoms with van der Waals surface area (Å²) >= 11 is 0. The Bertz CT molecular complexity index is 586. The molecule has 0 fully saturated rings. The van der Waals surface area contributed by atoms with Crippen LogP contribution in [0.25, 0.3) is 11.3 Å². The van der Waals surface area contributed by atoms with Crippen LogP contribution in [0.2, 0.25) is 0 Å². The van der Waals surface area contributed by atoms with Crippen molar-refractivity contribution >= 4 is 5.65 Å². The van der Waals surface area contributed by atoms with Gasteiger partial charge in [0.2, 0.25) is 5.69 Å². The number of pyridine rings is 1. The Morgan fingerprint density at radius 2 is 2.00 bits per heavy atom. The molecule has 0 N–H and O–H groups in total. The van der Waals surface area contributed by atoms with E-state index in [1.807, 2.05) is 53.6 Å². The monoisotopic (exact) mass is 197 g/mol. The van der Waals surface area contributed by atoms with E-state index in [4.69, 9.17) is 0 Å². The van der Waals surface area contributed by atoms with Crippen molar-refractivity contribution < 1.29 is 4.57 Å². The molecule has 0 aliphatic heterocycles. The average molecular weight is 197 g/mol. The van der Waals surface area contributed by atoms with Crippen molar-refractivity contribution in [3.63, 3.8) is 0 Å². The molecule has 0 spiro atoms. The van der Waals surface area contributed by atoms with Gasteiger partial charge in [-0.3, -0.25) is 0 Å². The fourth-order valence-corrected chi connectivity index (χ4v) is 1.50. The maximum Gasteiger partial charge on any atom is 0.247 e. The van der Waals surface area contributed by atoms with Crippen LogP contribution in [-0.4, -0.2) is 14.6 Å². The fourth-order valence-electron chi connectivity index (χ4n) is 1.50. The summed E-state index contributed by atoms with van der Waals surface area (Å²) in [5.41, 5.74) is 1.85. The Balaban J connectivity index is 2.19. The third kappa shape index (κ3) is 1.36. The first-order valence-corrected chi connectivity index (χ1v) is 4.69. The highest BCUT2D eigenvalue weighted by atomic mass is 15.2. The molecule has 0 bridgehead atoms. The van der Waals surface area contributed by atoms with Crippen LogP contribution in [0.1, 0.15) is 0 Å². The summed E-state index contributed by atoms with van der Waals surface area (Å²) in [5.74, 6) is 0. The largest absolute Gasteiger partial charge is 0.247 e. The van der Waals surface area contributed by atoms with Gasteiger partial charge in [0.1, 0.15) is 12.4 Å². The Kier molecular flexibility index (Phi) is 1.71. The lowest BCUT2D eigenvalue weighted by Crippen LogP contribution is -2.29. The highest BCUT2D eigenvalue weighted by Crippen LogP contribution is 2.00. The van der Waals surface area contributed by atoms with Gasteiger partial charge in [-0.2, -0.15) is 9.67 Å². The molecule has 72 valence electrons. The van der Waals surface area contributed by atoms with Gasteiger partial charge in [0.05, 0.1) is 6.20 Å². The van der Waals surface area contributed by atoms with Gasteiger partial charge in [0.25, 0.3) is 0 Å². The van der Waals surface area contributed by atoms with E-state index in [1.165, 1.54) is 0 Å². The second-order valence-corrected chi connectivity index (χ2v) is 3.23. The van der Waals surface area contributed by atoms with Crippen LogP contribution in [-0.2, 0) is 0 Å². The fraction of sp³-hybridized carbons (Fsp3) is 0. The van der Waals surface area contributed by atoms with Gasteiger partial charge in [0.15, 0.2) is 18.0 Å². The molecule has 0 aliphatic rings. The lowest BCUT2D eigenvalue weighted by molar-refractivity contribution is -0.596. The summed E-state index contributed by atoms with van der Waals surface area (Å²) < 4.78 is 3.75. The molecule has 0 aromatic carbocycles. The van der Waals surface area contributed by atoms with Crippen LogP contribution >= 0.6 is 0 Å². The van der Waals surface area contributed by atoms with Crippen LogP contribution in [0.5, 0.6) is 0 Å². The zero-order valence-electron chi connectivity index (χ0n) is 7.99. The first-order chi connectivity index (χ1) is 7.43. The molecule has 3 rings (SSSR count). The van der Waals surface area contributed by atoms with Crippen LogP contribution < -0.4 is 4.57 Å². The van der Waals surface area contributed by atoms with E-state index in [1.54, 1.807) is 10.7 Å². The number of hydrogen-bond donors (Lipinski definition) is 0. The van der Waals surface area contributed by atoms with Gasteiger partial charge < -0.3 is 0 Å². The van der Waals surface area contributed by atoms with Gasteiger partial charge in [-0.15, -0.1) is 0 Å². The zero-order valence-corrected chi connectivity index (χ0v) is 7.99. The van der Waals surface area contributed by atoms with E-state index in [2.05, 4.69) is 10.1 Å². The molecule has 0 amide bonds. The zero-order chi connectivity index (χ0) is 10.1. The minimum atomic E-state index is 0.857. The van der Waals surface area contributed by atoms with Gasteiger partial charge in [0, 0.05) is 18.2 Å². The topological polar surface area (TPSA) is 34.1 Å². The molecule has 0 radical (unpaired) electrons. The predicted molar refractivity (Wildman–Crippen MR) is 54.5 cm³/mol. The van der Waals surface area contributed by atoms with E-state index in [0.717, 1.165) is 11.3 Å². The maximum absolute atomic E-state index is 4.30. The third-order valence-electron chi connectivity index (χ3n) is 2.25. The van der Waals surface area contributed by atoms with Gasteiger partial charge in [-0.25, -0.2) is 9.50 Å². The quantitative estimate of drug-likeness (QED) is 0.545. The van der Waals surface area contributed by atoms with Crippen LogP contribution in [0.4, 0.5) is 0 Å². The first kappa shape index (κ1) is 8.11. The van der Waals surface area contributed by atoms with Crippen molar-refractivity contribution in [2.24, 2.45) is 0 Å². The van der Waals surface area contributed by atoms with Crippen molar-refractivity contribution in [3.8, 4) is 5.69 Å². The molecule has 0 atom stereocenters. The van der Waals surface area contributed by atoms with Crippen molar-refractivity contribution in [1.29, 1.82) is 0 Å². The summed E-state index contributed by atoms with van der Waals surface area (Å²) in [6.07, 6.45) is 9.47. The number of rotatable bonds is 1. The number of fused-ring (bicyclic) bond motifs is 1. The number of hydrogen-bond acceptors (Lipinski definition) is 2. The maximum atomic E-state index is 4.30. The summed E-state index contributed by atoms with van der Waals surface area (Å²) in [7, 11) is 0. The lowest BCUT2D eigenvalue weighted by Gasteiger charge is -1.95. The lowest BCUT2D eigenvalue weighted by atomic mass is 10.4.